The number of hydrogen-bond donors (Lipinski definition) is 1. The second-order valence-corrected chi connectivity index (χ2v) is 6.92. The van der Waals surface area contributed by atoms with Crippen molar-refractivity contribution < 1.29 is 5.11 Å². The molecule has 0 amide bonds. The van der Waals surface area contributed by atoms with Crippen LogP contribution >= 0.6 is 0 Å². The van der Waals surface area contributed by atoms with E-state index in [1.165, 1.54) is 36.8 Å². The predicted molar refractivity (Wildman–Crippen MR) is 66.0 cm³/mol. The lowest BCUT2D eigenvalue weighted by Gasteiger charge is -2.51. The van der Waals surface area contributed by atoms with Gasteiger partial charge in [0.2, 0.25) is 0 Å². The minimum Gasteiger partial charge on any atom is -0.388 e. The molecule has 0 radical (unpaired) electrons. The zero-order valence-corrected chi connectivity index (χ0v) is 11.0. The van der Waals surface area contributed by atoms with Crippen molar-refractivity contribution in [2.24, 2.45) is 22.7 Å². The van der Waals surface area contributed by atoms with Gasteiger partial charge in [-0.1, -0.05) is 26.3 Å². The van der Waals surface area contributed by atoms with E-state index in [1.807, 2.05) is 0 Å². The summed E-state index contributed by atoms with van der Waals surface area (Å²) in [5.74, 6) is 1.26. The average Bonchev–Trinajstić information content (AvgIpc) is 2.57. The zero-order valence-electron chi connectivity index (χ0n) is 11.0. The Kier molecular flexibility index (Phi) is 1.98. The van der Waals surface area contributed by atoms with Crippen LogP contribution in [0.4, 0.5) is 0 Å². The molecule has 4 unspecified atom stereocenters. The van der Waals surface area contributed by atoms with Gasteiger partial charge in [0.15, 0.2) is 0 Å². The molecule has 0 heterocycles. The minimum absolute atomic E-state index is 0.137. The fraction of sp³-hybridized carbons (Fsp3) is 0.867. The molecular weight excluding hydrogens is 196 g/mol. The van der Waals surface area contributed by atoms with Crippen molar-refractivity contribution in [1.29, 1.82) is 0 Å². The van der Waals surface area contributed by atoms with Crippen LogP contribution in [-0.2, 0) is 0 Å². The maximum absolute atomic E-state index is 10.6. The molecule has 4 atom stereocenters. The van der Waals surface area contributed by atoms with Gasteiger partial charge < -0.3 is 5.11 Å². The van der Waals surface area contributed by atoms with Crippen LogP contribution in [0.5, 0.6) is 0 Å². The molecule has 1 heteroatoms. The molecule has 2 fully saturated rings. The van der Waals surface area contributed by atoms with Crippen molar-refractivity contribution in [2.45, 2.75) is 59.5 Å². The van der Waals surface area contributed by atoms with Gasteiger partial charge in [-0.3, -0.25) is 0 Å². The molecule has 3 aliphatic rings. The Labute approximate surface area is 98.9 Å². The SMILES string of the molecule is CC1=C2C(O)C3CCC(C)C2(CC1)C3(C)C. The van der Waals surface area contributed by atoms with Gasteiger partial charge in [-0.25, -0.2) is 0 Å². The monoisotopic (exact) mass is 220 g/mol. The van der Waals surface area contributed by atoms with E-state index in [0.29, 0.717) is 16.7 Å². The number of aliphatic hydroxyl groups excluding tert-OH is 1. The summed E-state index contributed by atoms with van der Waals surface area (Å²) in [6, 6.07) is 0. The highest BCUT2D eigenvalue weighted by molar-refractivity contribution is 5.41. The topological polar surface area (TPSA) is 20.2 Å². The van der Waals surface area contributed by atoms with Gasteiger partial charge >= 0.3 is 0 Å². The Balaban J connectivity index is 2.24. The van der Waals surface area contributed by atoms with Crippen molar-refractivity contribution in [2.75, 3.05) is 0 Å². The average molecular weight is 220 g/mol. The molecule has 0 saturated heterocycles. The van der Waals surface area contributed by atoms with E-state index in [-0.39, 0.29) is 6.10 Å². The Bertz CT molecular complexity index is 366. The summed E-state index contributed by atoms with van der Waals surface area (Å²) in [5.41, 5.74) is 3.58. The van der Waals surface area contributed by atoms with Gasteiger partial charge in [-0.05, 0) is 55.4 Å². The quantitative estimate of drug-likeness (QED) is 0.619. The van der Waals surface area contributed by atoms with Crippen molar-refractivity contribution in [3.8, 4) is 0 Å². The molecule has 1 nitrogen and oxygen atoms in total. The van der Waals surface area contributed by atoms with Crippen molar-refractivity contribution in [1.82, 2.24) is 0 Å². The summed E-state index contributed by atoms with van der Waals surface area (Å²) < 4.78 is 0. The molecule has 0 aromatic carbocycles. The molecule has 3 aliphatic carbocycles. The summed E-state index contributed by atoms with van der Waals surface area (Å²) >= 11 is 0. The van der Waals surface area contributed by atoms with E-state index < -0.39 is 0 Å². The van der Waals surface area contributed by atoms with E-state index in [1.54, 1.807) is 0 Å². The third-order valence-corrected chi connectivity index (χ3v) is 6.34. The summed E-state index contributed by atoms with van der Waals surface area (Å²) in [5, 5.41) is 10.6. The number of aliphatic hydroxyl groups is 1. The normalized spacial score (nSPS) is 49.7. The highest BCUT2D eigenvalue weighted by Gasteiger charge is 2.67. The first-order valence-electron chi connectivity index (χ1n) is 6.81. The van der Waals surface area contributed by atoms with Crippen molar-refractivity contribution >= 4 is 0 Å². The van der Waals surface area contributed by atoms with Gasteiger partial charge in [0.05, 0.1) is 6.10 Å². The first kappa shape index (κ1) is 10.8. The maximum Gasteiger partial charge on any atom is 0.0791 e. The Morgan fingerprint density at radius 1 is 1.25 bits per heavy atom. The van der Waals surface area contributed by atoms with Gasteiger partial charge in [-0.15, -0.1) is 0 Å². The van der Waals surface area contributed by atoms with E-state index in [4.69, 9.17) is 0 Å². The van der Waals surface area contributed by atoms with Crippen LogP contribution in [0.15, 0.2) is 11.1 Å². The molecule has 0 aliphatic heterocycles. The molecule has 0 aromatic rings. The summed E-state index contributed by atoms with van der Waals surface area (Å²) in [4.78, 5) is 0. The number of hydrogen-bond acceptors (Lipinski definition) is 1. The minimum atomic E-state index is -0.137. The van der Waals surface area contributed by atoms with Crippen LogP contribution in [-0.4, -0.2) is 11.2 Å². The smallest absolute Gasteiger partial charge is 0.0791 e. The molecular formula is C15H24O. The second-order valence-electron chi connectivity index (χ2n) is 6.92. The summed E-state index contributed by atoms with van der Waals surface area (Å²) in [6.45, 7) is 9.47. The largest absolute Gasteiger partial charge is 0.388 e. The molecule has 0 aromatic heterocycles. The molecule has 16 heavy (non-hydrogen) atoms. The molecule has 90 valence electrons. The van der Waals surface area contributed by atoms with E-state index in [2.05, 4.69) is 27.7 Å². The highest BCUT2D eigenvalue weighted by atomic mass is 16.3. The van der Waals surface area contributed by atoms with Crippen LogP contribution in [0.1, 0.15) is 53.4 Å². The number of allylic oxidation sites excluding steroid dienone is 1. The van der Waals surface area contributed by atoms with Crippen molar-refractivity contribution in [3.63, 3.8) is 0 Å². The van der Waals surface area contributed by atoms with Gasteiger partial charge in [0.1, 0.15) is 0 Å². The Morgan fingerprint density at radius 3 is 2.62 bits per heavy atom. The molecule has 2 saturated carbocycles. The summed E-state index contributed by atoms with van der Waals surface area (Å²) in [7, 11) is 0. The van der Waals surface area contributed by atoms with E-state index in [9.17, 15) is 5.11 Å². The van der Waals surface area contributed by atoms with Crippen molar-refractivity contribution in [3.05, 3.63) is 11.1 Å². The number of fused-ring (bicyclic) bond motifs is 1. The Hall–Kier alpha value is -0.300. The lowest BCUT2D eigenvalue weighted by atomic mass is 9.53. The van der Waals surface area contributed by atoms with Gasteiger partial charge in [0.25, 0.3) is 0 Å². The standard InChI is InChI=1S/C15H24O/c1-9-7-8-15-10(2)5-6-11(14(15,3)4)13(16)12(9)15/h10-11,13,16H,5-8H2,1-4H3. The fourth-order valence-corrected chi connectivity index (χ4v) is 5.49. The first-order valence-corrected chi connectivity index (χ1v) is 6.81. The van der Waals surface area contributed by atoms with Crippen LogP contribution in [0.3, 0.4) is 0 Å². The molecule has 1 spiro atoms. The lowest BCUT2D eigenvalue weighted by Crippen LogP contribution is -2.44. The molecule has 1 N–H and O–H groups in total. The number of rotatable bonds is 0. The zero-order chi connectivity index (χ0) is 11.7. The third-order valence-electron chi connectivity index (χ3n) is 6.34. The van der Waals surface area contributed by atoms with E-state index in [0.717, 1.165) is 5.92 Å². The van der Waals surface area contributed by atoms with Gasteiger partial charge in [0, 0.05) is 5.41 Å². The third kappa shape index (κ3) is 0.895. The predicted octanol–water partition coefficient (Wildman–Crippen LogP) is 3.53. The van der Waals surface area contributed by atoms with Crippen LogP contribution in [0.25, 0.3) is 0 Å². The lowest BCUT2D eigenvalue weighted by molar-refractivity contribution is -0.0238. The maximum atomic E-state index is 10.6. The fourth-order valence-electron chi connectivity index (χ4n) is 5.49. The van der Waals surface area contributed by atoms with E-state index >= 15 is 0 Å². The van der Waals surface area contributed by atoms with Crippen LogP contribution in [0, 0.1) is 22.7 Å². The molecule has 3 rings (SSSR count). The first-order chi connectivity index (χ1) is 7.43. The molecule has 2 bridgehead atoms. The Morgan fingerprint density at radius 2 is 1.94 bits per heavy atom. The van der Waals surface area contributed by atoms with Gasteiger partial charge in [-0.2, -0.15) is 0 Å². The highest BCUT2D eigenvalue weighted by Crippen LogP contribution is 2.72. The van der Waals surface area contributed by atoms with Crippen LogP contribution in [0.2, 0.25) is 0 Å². The summed E-state index contributed by atoms with van der Waals surface area (Å²) in [6.07, 6.45) is 4.89. The van der Waals surface area contributed by atoms with Crippen LogP contribution < -0.4 is 0 Å². The second kappa shape index (κ2) is 2.93.